The first-order chi connectivity index (χ1) is 14.3. The molecule has 2 aromatic carbocycles. The first kappa shape index (κ1) is 19.1. The van der Waals surface area contributed by atoms with E-state index in [0.717, 1.165) is 22.6 Å². The van der Waals surface area contributed by atoms with Crippen molar-refractivity contribution >= 4 is 23.4 Å². The van der Waals surface area contributed by atoms with Gasteiger partial charge in [0.25, 0.3) is 0 Å². The Morgan fingerprint density at radius 3 is 2.55 bits per heavy atom. The predicted molar refractivity (Wildman–Crippen MR) is 118 cm³/mol. The van der Waals surface area contributed by atoms with Crippen molar-refractivity contribution in [2.45, 2.75) is 23.6 Å². The number of nitrogens with zero attached hydrogens (tertiary/aromatic N) is 2. The summed E-state index contributed by atoms with van der Waals surface area (Å²) in [5.41, 5.74) is 3.98. The smallest absolute Gasteiger partial charge is 0.224 e. The Kier molecular flexibility index (Phi) is 6.12. The zero-order valence-corrected chi connectivity index (χ0v) is 16.7. The molecule has 29 heavy (non-hydrogen) atoms. The SMILES string of the molecule is O=C(CCc1ccc(-c2ccccc2)[nH]1)Nc1cnn(CSc2ccccc2)c1. The zero-order chi connectivity index (χ0) is 19.9. The molecule has 0 aliphatic carbocycles. The Morgan fingerprint density at radius 2 is 1.76 bits per heavy atom. The quantitative estimate of drug-likeness (QED) is 0.398. The van der Waals surface area contributed by atoms with Crippen molar-refractivity contribution in [2.75, 3.05) is 5.32 Å². The number of anilines is 1. The number of H-pyrrole nitrogens is 1. The second-order valence-electron chi connectivity index (χ2n) is 6.67. The molecule has 0 aliphatic rings. The molecule has 0 saturated heterocycles. The summed E-state index contributed by atoms with van der Waals surface area (Å²) in [5.74, 6) is 0.682. The highest BCUT2D eigenvalue weighted by atomic mass is 32.2. The lowest BCUT2D eigenvalue weighted by Crippen LogP contribution is -2.12. The average molecular weight is 403 g/mol. The van der Waals surface area contributed by atoms with Gasteiger partial charge in [-0.2, -0.15) is 5.10 Å². The molecular formula is C23H22N4OS. The van der Waals surface area contributed by atoms with Gasteiger partial charge in [-0.25, -0.2) is 0 Å². The van der Waals surface area contributed by atoms with E-state index in [4.69, 9.17) is 0 Å². The minimum absolute atomic E-state index is 0.0175. The van der Waals surface area contributed by atoms with E-state index in [1.165, 1.54) is 4.90 Å². The fraction of sp³-hybridized carbons (Fsp3) is 0.130. The molecule has 0 fully saturated rings. The Labute approximate surface area is 174 Å². The van der Waals surface area contributed by atoms with Gasteiger partial charge >= 0.3 is 0 Å². The van der Waals surface area contributed by atoms with Gasteiger partial charge in [0.2, 0.25) is 5.91 Å². The number of carbonyl (C=O) groups is 1. The fourth-order valence-electron chi connectivity index (χ4n) is 3.00. The minimum atomic E-state index is -0.0175. The number of amides is 1. The van der Waals surface area contributed by atoms with Crippen LogP contribution in [0.4, 0.5) is 5.69 Å². The molecule has 1 amide bonds. The van der Waals surface area contributed by atoms with E-state index in [2.05, 4.69) is 45.7 Å². The molecule has 0 radical (unpaired) electrons. The monoisotopic (exact) mass is 402 g/mol. The Morgan fingerprint density at radius 1 is 1.00 bits per heavy atom. The molecule has 146 valence electrons. The van der Waals surface area contributed by atoms with Gasteiger partial charge in [0.1, 0.15) is 0 Å². The van der Waals surface area contributed by atoms with Crippen LogP contribution in [0.5, 0.6) is 0 Å². The van der Waals surface area contributed by atoms with Gasteiger partial charge < -0.3 is 10.3 Å². The molecule has 0 aliphatic heterocycles. The van der Waals surface area contributed by atoms with E-state index >= 15 is 0 Å². The van der Waals surface area contributed by atoms with Crippen molar-refractivity contribution in [3.63, 3.8) is 0 Å². The van der Waals surface area contributed by atoms with Gasteiger partial charge in [0, 0.05) is 28.9 Å². The van der Waals surface area contributed by atoms with Crippen LogP contribution in [-0.4, -0.2) is 20.7 Å². The first-order valence-corrected chi connectivity index (χ1v) is 10.5. The summed E-state index contributed by atoms with van der Waals surface area (Å²) in [6, 6.07) is 24.4. The van der Waals surface area contributed by atoms with Gasteiger partial charge in [0.05, 0.1) is 17.8 Å². The van der Waals surface area contributed by atoms with Crippen LogP contribution in [0.1, 0.15) is 12.1 Å². The highest BCUT2D eigenvalue weighted by molar-refractivity contribution is 7.98. The van der Waals surface area contributed by atoms with Crippen LogP contribution in [0.2, 0.25) is 0 Å². The number of hydrogen-bond acceptors (Lipinski definition) is 3. The highest BCUT2D eigenvalue weighted by Gasteiger charge is 2.07. The molecule has 0 atom stereocenters. The first-order valence-electron chi connectivity index (χ1n) is 9.50. The predicted octanol–water partition coefficient (Wildman–Crippen LogP) is 5.20. The van der Waals surface area contributed by atoms with Crippen LogP contribution >= 0.6 is 11.8 Å². The van der Waals surface area contributed by atoms with Crippen LogP contribution < -0.4 is 5.32 Å². The van der Waals surface area contributed by atoms with E-state index < -0.39 is 0 Å². The lowest BCUT2D eigenvalue weighted by Gasteiger charge is -2.03. The summed E-state index contributed by atoms with van der Waals surface area (Å²) in [4.78, 5) is 16.9. The maximum atomic E-state index is 12.3. The highest BCUT2D eigenvalue weighted by Crippen LogP contribution is 2.20. The number of carbonyl (C=O) groups excluding carboxylic acids is 1. The normalized spacial score (nSPS) is 10.8. The van der Waals surface area contributed by atoms with Crippen LogP contribution in [0.3, 0.4) is 0 Å². The zero-order valence-electron chi connectivity index (χ0n) is 15.9. The summed E-state index contributed by atoms with van der Waals surface area (Å²) in [6.45, 7) is 0. The van der Waals surface area contributed by atoms with Crippen LogP contribution in [0.15, 0.2) is 90.1 Å². The maximum absolute atomic E-state index is 12.3. The average Bonchev–Trinajstić information content (AvgIpc) is 3.42. The van der Waals surface area contributed by atoms with Gasteiger partial charge in [-0.15, -0.1) is 11.8 Å². The van der Waals surface area contributed by atoms with Gasteiger partial charge in [0.15, 0.2) is 0 Å². The Balaban J connectivity index is 1.25. The molecule has 6 heteroatoms. The summed E-state index contributed by atoms with van der Waals surface area (Å²) in [5, 5.41) is 7.24. The number of hydrogen-bond donors (Lipinski definition) is 2. The summed E-state index contributed by atoms with van der Waals surface area (Å²) in [6.07, 6.45) is 4.62. The molecular weight excluding hydrogens is 380 g/mol. The molecule has 4 rings (SSSR count). The number of thioether (sulfide) groups is 1. The topological polar surface area (TPSA) is 62.7 Å². The van der Waals surface area contributed by atoms with E-state index in [1.807, 2.05) is 53.3 Å². The van der Waals surface area contributed by atoms with E-state index in [1.54, 1.807) is 18.0 Å². The Bertz CT molecular complexity index is 1060. The molecule has 0 unspecified atom stereocenters. The van der Waals surface area contributed by atoms with Gasteiger partial charge in [-0.1, -0.05) is 48.5 Å². The number of aryl methyl sites for hydroxylation is 1. The number of nitrogens with one attached hydrogen (secondary N) is 2. The van der Waals surface area contributed by atoms with Crippen LogP contribution in [0.25, 0.3) is 11.3 Å². The number of rotatable bonds is 8. The standard InChI is InChI=1S/C23H22N4OS/c28-23(14-12-19-11-13-22(25-19)18-7-3-1-4-8-18)26-20-15-24-27(16-20)17-29-21-9-5-2-6-10-21/h1-11,13,15-16,25H,12,14,17H2,(H,26,28). The van der Waals surface area contributed by atoms with Gasteiger partial charge in [-0.3, -0.25) is 9.48 Å². The van der Waals surface area contributed by atoms with Crippen molar-refractivity contribution in [1.82, 2.24) is 14.8 Å². The molecule has 5 nitrogen and oxygen atoms in total. The third-order valence-corrected chi connectivity index (χ3v) is 5.48. The second kappa shape index (κ2) is 9.30. The lowest BCUT2D eigenvalue weighted by molar-refractivity contribution is -0.116. The molecule has 2 N–H and O–H groups in total. The van der Waals surface area contributed by atoms with Crippen molar-refractivity contribution < 1.29 is 4.79 Å². The number of aromatic nitrogens is 3. The summed E-state index contributed by atoms with van der Waals surface area (Å²) < 4.78 is 1.82. The van der Waals surface area contributed by atoms with E-state index in [9.17, 15) is 4.79 Å². The second-order valence-corrected chi connectivity index (χ2v) is 7.68. The van der Waals surface area contributed by atoms with Crippen LogP contribution in [-0.2, 0) is 17.1 Å². The third-order valence-electron chi connectivity index (χ3n) is 4.48. The Hall–Kier alpha value is -3.25. The molecule has 2 aromatic heterocycles. The van der Waals surface area contributed by atoms with Crippen molar-refractivity contribution in [3.8, 4) is 11.3 Å². The summed E-state index contributed by atoms with van der Waals surface area (Å²) in [7, 11) is 0. The van der Waals surface area contributed by atoms with E-state index in [-0.39, 0.29) is 5.91 Å². The fourth-order valence-corrected chi connectivity index (χ4v) is 3.77. The third kappa shape index (κ3) is 5.39. The molecule has 0 saturated carbocycles. The van der Waals surface area contributed by atoms with Gasteiger partial charge in [-0.05, 0) is 36.2 Å². The van der Waals surface area contributed by atoms with Crippen LogP contribution in [0, 0.1) is 0 Å². The maximum Gasteiger partial charge on any atom is 0.224 e. The molecule has 0 spiro atoms. The largest absolute Gasteiger partial charge is 0.358 e. The minimum Gasteiger partial charge on any atom is -0.358 e. The molecule has 0 bridgehead atoms. The van der Waals surface area contributed by atoms with Crippen molar-refractivity contribution in [3.05, 3.63) is 90.9 Å². The summed E-state index contributed by atoms with van der Waals surface area (Å²) >= 11 is 1.70. The lowest BCUT2D eigenvalue weighted by atomic mass is 10.2. The van der Waals surface area contributed by atoms with Crippen molar-refractivity contribution in [2.24, 2.45) is 0 Å². The van der Waals surface area contributed by atoms with E-state index in [0.29, 0.717) is 18.7 Å². The number of aromatic amines is 1. The number of benzene rings is 2. The molecule has 2 heterocycles. The van der Waals surface area contributed by atoms with Crippen molar-refractivity contribution in [1.29, 1.82) is 0 Å². The molecule has 4 aromatic rings.